The van der Waals surface area contributed by atoms with Crippen LogP contribution in [0.4, 0.5) is 0 Å². The lowest BCUT2D eigenvalue weighted by Gasteiger charge is -2.18. The van der Waals surface area contributed by atoms with Crippen LogP contribution in [-0.4, -0.2) is 35.5 Å². The molecule has 0 aromatic carbocycles. The summed E-state index contributed by atoms with van der Waals surface area (Å²) < 4.78 is 17.3. The highest BCUT2D eigenvalue weighted by atomic mass is 16.6. The Morgan fingerprint density at radius 2 is 1.89 bits per heavy atom. The first-order valence-corrected chi connectivity index (χ1v) is 7.18. The van der Waals surface area contributed by atoms with Crippen LogP contribution in [0.1, 0.15) is 46.5 Å². The van der Waals surface area contributed by atoms with Gasteiger partial charge in [0.25, 0.3) is 0 Å². The Bertz CT molecular complexity index is 496. The first-order valence-electron chi connectivity index (χ1n) is 7.18. The highest BCUT2D eigenvalue weighted by molar-refractivity contribution is 5.91. The van der Waals surface area contributed by atoms with E-state index in [1.54, 1.807) is 0 Å². The molecule has 0 radical (unpaired) electrons. The number of carbonyl (C=O) groups is 1. The lowest BCUT2D eigenvalue weighted by molar-refractivity contribution is -0.140. The van der Waals surface area contributed by atoms with Gasteiger partial charge in [-0.1, -0.05) is 0 Å². The molecule has 4 aliphatic rings. The Hall–Kier alpha value is -0.870. The quantitative estimate of drug-likeness (QED) is 0.497. The van der Waals surface area contributed by atoms with Gasteiger partial charge in [0, 0.05) is 18.4 Å². The van der Waals surface area contributed by atoms with E-state index in [0.29, 0.717) is 6.10 Å². The van der Waals surface area contributed by atoms with Crippen LogP contribution in [0.5, 0.6) is 0 Å². The van der Waals surface area contributed by atoms with Crippen molar-refractivity contribution in [3.8, 4) is 0 Å². The molecule has 3 heterocycles. The largest absolute Gasteiger partial charge is 0.454 e. The minimum atomic E-state index is -0.164. The Balaban J connectivity index is 1.66. The third-order valence-electron chi connectivity index (χ3n) is 5.40. The number of epoxide rings is 2. The van der Waals surface area contributed by atoms with Gasteiger partial charge in [0.1, 0.15) is 6.10 Å². The fraction of sp³-hybridized carbons (Fsp3) is 0.800. The summed E-state index contributed by atoms with van der Waals surface area (Å²) in [6.45, 7) is 6.17. The highest BCUT2D eigenvalue weighted by Gasteiger charge is 2.60. The molecule has 3 aliphatic heterocycles. The van der Waals surface area contributed by atoms with Crippen LogP contribution in [0.3, 0.4) is 0 Å². The lowest BCUT2D eigenvalue weighted by atomic mass is 9.85. The maximum absolute atomic E-state index is 11.8. The summed E-state index contributed by atoms with van der Waals surface area (Å²) in [4.78, 5) is 11.8. The molecular formula is C15H20O4. The number of esters is 1. The van der Waals surface area contributed by atoms with Gasteiger partial charge in [0.05, 0.1) is 23.4 Å². The van der Waals surface area contributed by atoms with Crippen molar-refractivity contribution in [1.82, 2.24) is 0 Å². The fourth-order valence-corrected chi connectivity index (χ4v) is 3.70. The number of ether oxygens (including phenoxy) is 3. The van der Waals surface area contributed by atoms with Crippen molar-refractivity contribution in [3.05, 3.63) is 11.1 Å². The maximum Gasteiger partial charge on any atom is 0.334 e. The molecule has 2 saturated heterocycles. The number of carbonyl (C=O) groups excluding carboxylic acids is 1. The molecule has 1 aliphatic carbocycles. The zero-order valence-corrected chi connectivity index (χ0v) is 11.7. The second-order valence-electron chi connectivity index (χ2n) is 6.83. The third kappa shape index (κ3) is 1.69. The molecule has 0 aromatic rings. The molecule has 104 valence electrons. The van der Waals surface area contributed by atoms with E-state index in [9.17, 15) is 4.79 Å². The van der Waals surface area contributed by atoms with Gasteiger partial charge in [-0.05, 0) is 39.2 Å². The standard InChI is InChI=1S/C15H20O4/c1-8-9-6-12-14(2,19-12)5-4-11-15(3,18-11)7-10(9)17-13(8)16/h10-12H,4-7H2,1-3H3/t10-,11+,12+,14-,15-/m1/s1. The van der Waals surface area contributed by atoms with Gasteiger partial charge in [-0.2, -0.15) is 0 Å². The SMILES string of the molecule is CC1=C2C[C@@H]3O[C@]3(C)CC[C@@H]3O[C@]3(C)C[C@H]2OC1=O. The maximum atomic E-state index is 11.8. The van der Waals surface area contributed by atoms with Crippen LogP contribution in [0.2, 0.25) is 0 Å². The van der Waals surface area contributed by atoms with Gasteiger partial charge in [-0.25, -0.2) is 4.79 Å². The van der Waals surface area contributed by atoms with E-state index in [2.05, 4.69) is 13.8 Å². The zero-order valence-electron chi connectivity index (χ0n) is 11.7. The Morgan fingerprint density at radius 3 is 2.68 bits per heavy atom. The van der Waals surface area contributed by atoms with Crippen molar-refractivity contribution >= 4 is 5.97 Å². The topological polar surface area (TPSA) is 51.4 Å². The van der Waals surface area contributed by atoms with Crippen LogP contribution in [0, 0.1) is 0 Å². The van der Waals surface area contributed by atoms with Crippen LogP contribution in [0.15, 0.2) is 11.1 Å². The summed E-state index contributed by atoms with van der Waals surface area (Å²) in [6.07, 6.45) is 4.16. The summed E-state index contributed by atoms with van der Waals surface area (Å²) in [5.74, 6) is -0.164. The van der Waals surface area contributed by atoms with E-state index in [1.165, 1.54) is 0 Å². The third-order valence-corrected chi connectivity index (χ3v) is 5.40. The van der Waals surface area contributed by atoms with Crippen molar-refractivity contribution in [2.24, 2.45) is 0 Å². The summed E-state index contributed by atoms with van der Waals surface area (Å²) in [5.41, 5.74) is 1.78. The number of rotatable bonds is 0. The highest BCUT2D eigenvalue weighted by Crippen LogP contribution is 2.53. The smallest absolute Gasteiger partial charge is 0.334 e. The molecule has 3 fully saturated rings. The van der Waals surface area contributed by atoms with Crippen molar-refractivity contribution in [3.63, 3.8) is 0 Å². The molecule has 4 rings (SSSR count). The molecule has 0 bridgehead atoms. The van der Waals surface area contributed by atoms with Gasteiger partial charge in [0.15, 0.2) is 0 Å². The van der Waals surface area contributed by atoms with E-state index < -0.39 is 0 Å². The van der Waals surface area contributed by atoms with Gasteiger partial charge in [-0.3, -0.25) is 0 Å². The first-order chi connectivity index (χ1) is 8.91. The normalized spacial score (nSPS) is 51.9. The fourth-order valence-electron chi connectivity index (χ4n) is 3.70. The van der Waals surface area contributed by atoms with E-state index in [-0.39, 0.29) is 29.4 Å². The van der Waals surface area contributed by atoms with Gasteiger partial charge >= 0.3 is 5.97 Å². The summed E-state index contributed by atoms with van der Waals surface area (Å²) >= 11 is 0. The van der Waals surface area contributed by atoms with E-state index >= 15 is 0 Å². The van der Waals surface area contributed by atoms with Crippen molar-refractivity contribution in [1.29, 1.82) is 0 Å². The lowest BCUT2D eigenvalue weighted by Crippen LogP contribution is -2.25. The number of fused-ring (bicyclic) bond motifs is 3. The molecule has 4 heteroatoms. The molecule has 0 spiro atoms. The summed E-state index contributed by atoms with van der Waals surface area (Å²) in [7, 11) is 0. The Kier molecular flexibility index (Phi) is 2.14. The first kappa shape index (κ1) is 11.9. The van der Waals surface area contributed by atoms with Crippen LogP contribution >= 0.6 is 0 Å². The van der Waals surface area contributed by atoms with E-state index in [1.807, 2.05) is 6.92 Å². The zero-order chi connectivity index (χ0) is 13.4. The molecule has 5 atom stereocenters. The van der Waals surface area contributed by atoms with Gasteiger partial charge in [-0.15, -0.1) is 0 Å². The molecule has 1 saturated carbocycles. The van der Waals surface area contributed by atoms with E-state index in [4.69, 9.17) is 14.2 Å². The molecule has 4 nitrogen and oxygen atoms in total. The molecular weight excluding hydrogens is 244 g/mol. The Labute approximate surface area is 113 Å². The van der Waals surface area contributed by atoms with Gasteiger partial charge in [0.2, 0.25) is 0 Å². The number of hydrogen-bond donors (Lipinski definition) is 0. The molecule has 0 N–H and O–H groups in total. The van der Waals surface area contributed by atoms with Crippen LogP contribution in [-0.2, 0) is 19.0 Å². The summed E-state index contributed by atoms with van der Waals surface area (Å²) in [5, 5.41) is 0. The minimum Gasteiger partial charge on any atom is -0.454 e. The molecule has 19 heavy (non-hydrogen) atoms. The molecule has 0 amide bonds. The van der Waals surface area contributed by atoms with Crippen LogP contribution in [0.25, 0.3) is 0 Å². The average Bonchev–Trinajstić information content (AvgIpc) is 3.15. The van der Waals surface area contributed by atoms with Crippen molar-refractivity contribution < 1.29 is 19.0 Å². The van der Waals surface area contributed by atoms with Crippen LogP contribution < -0.4 is 0 Å². The second-order valence-corrected chi connectivity index (χ2v) is 6.83. The minimum absolute atomic E-state index is 0.0202. The average molecular weight is 264 g/mol. The predicted octanol–water partition coefficient (Wildman–Crippen LogP) is 2.12. The molecule has 0 aromatic heterocycles. The summed E-state index contributed by atoms with van der Waals surface area (Å²) in [6, 6.07) is 0. The number of hydrogen-bond acceptors (Lipinski definition) is 4. The van der Waals surface area contributed by atoms with Gasteiger partial charge < -0.3 is 14.2 Å². The predicted molar refractivity (Wildman–Crippen MR) is 67.6 cm³/mol. The van der Waals surface area contributed by atoms with E-state index in [0.717, 1.165) is 36.8 Å². The Morgan fingerprint density at radius 1 is 1.16 bits per heavy atom. The second kappa shape index (κ2) is 3.41. The van der Waals surface area contributed by atoms with Crippen molar-refractivity contribution in [2.45, 2.75) is 76.0 Å². The van der Waals surface area contributed by atoms with Crippen molar-refractivity contribution in [2.75, 3.05) is 0 Å². The monoisotopic (exact) mass is 264 g/mol. The molecule has 0 unspecified atom stereocenters.